The summed E-state index contributed by atoms with van der Waals surface area (Å²) in [6.45, 7) is 0.366. The molecular weight excluding hydrogens is 342 g/mol. The highest BCUT2D eigenvalue weighted by atomic mass is 16.2. The molecule has 3 aromatic heterocycles. The average Bonchev–Trinajstić information content (AvgIpc) is 3.23. The molecule has 0 N–H and O–H groups in total. The number of amides is 1. The van der Waals surface area contributed by atoms with Crippen LogP contribution < -0.4 is 5.56 Å². The molecular formula is C20H17N5O2. The number of carbonyl (C=O) groups excluding carboxylic acids is 1. The SMILES string of the molecule is CN(Cc1cccc(-n2cccn2)c1)C(=O)c1cnc2ccccn2c1=O. The van der Waals surface area contributed by atoms with Crippen LogP contribution in [-0.4, -0.2) is 37.0 Å². The minimum Gasteiger partial charge on any atom is -0.337 e. The molecule has 7 nitrogen and oxygen atoms in total. The maximum absolute atomic E-state index is 12.8. The van der Waals surface area contributed by atoms with E-state index < -0.39 is 0 Å². The molecule has 0 spiro atoms. The van der Waals surface area contributed by atoms with Gasteiger partial charge in [-0.1, -0.05) is 18.2 Å². The molecule has 0 aliphatic heterocycles. The second-order valence-electron chi connectivity index (χ2n) is 6.19. The third kappa shape index (κ3) is 3.22. The lowest BCUT2D eigenvalue weighted by Gasteiger charge is -2.17. The van der Waals surface area contributed by atoms with Crippen LogP contribution in [0.5, 0.6) is 0 Å². The molecule has 3 heterocycles. The summed E-state index contributed by atoms with van der Waals surface area (Å²) in [6, 6.07) is 14.8. The summed E-state index contributed by atoms with van der Waals surface area (Å²) in [5, 5.41) is 4.21. The van der Waals surface area contributed by atoms with Crippen LogP contribution in [0.15, 0.2) is 78.1 Å². The first-order valence-corrected chi connectivity index (χ1v) is 8.44. The molecule has 0 atom stereocenters. The monoisotopic (exact) mass is 359 g/mol. The number of carbonyl (C=O) groups is 1. The van der Waals surface area contributed by atoms with Gasteiger partial charge in [-0.25, -0.2) is 9.67 Å². The topological polar surface area (TPSA) is 72.5 Å². The number of fused-ring (bicyclic) bond motifs is 1. The fraction of sp³-hybridized carbons (Fsp3) is 0.100. The highest BCUT2D eigenvalue weighted by Crippen LogP contribution is 2.12. The van der Waals surface area contributed by atoms with Crippen LogP contribution in [-0.2, 0) is 6.54 Å². The molecule has 0 aliphatic rings. The third-order valence-corrected chi connectivity index (χ3v) is 4.29. The first kappa shape index (κ1) is 16.7. The van der Waals surface area contributed by atoms with Gasteiger partial charge in [0.1, 0.15) is 11.2 Å². The molecule has 0 radical (unpaired) electrons. The molecule has 0 fully saturated rings. The van der Waals surface area contributed by atoms with Crippen molar-refractivity contribution in [3.8, 4) is 5.69 Å². The van der Waals surface area contributed by atoms with E-state index in [1.165, 1.54) is 15.5 Å². The first-order valence-electron chi connectivity index (χ1n) is 8.44. The fourth-order valence-electron chi connectivity index (χ4n) is 2.94. The van der Waals surface area contributed by atoms with Crippen molar-refractivity contribution in [1.82, 2.24) is 24.1 Å². The molecule has 4 rings (SSSR count). The second-order valence-corrected chi connectivity index (χ2v) is 6.19. The quantitative estimate of drug-likeness (QED) is 0.560. The lowest BCUT2D eigenvalue weighted by molar-refractivity contribution is 0.0782. The van der Waals surface area contributed by atoms with Crippen LogP contribution in [0.4, 0.5) is 0 Å². The molecule has 1 aromatic carbocycles. The molecule has 4 aromatic rings. The predicted octanol–water partition coefficient (Wildman–Crippen LogP) is 2.15. The van der Waals surface area contributed by atoms with E-state index in [-0.39, 0.29) is 17.0 Å². The number of hydrogen-bond donors (Lipinski definition) is 0. The van der Waals surface area contributed by atoms with Crippen LogP contribution in [0.25, 0.3) is 11.3 Å². The van der Waals surface area contributed by atoms with Crippen molar-refractivity contribution in [2.45, 2.75) is 6.54 Å². The van der Waals surface area contributed by atoms with Gasteiger partial charge in [-0.3, -0.25) is 14.0 Å². The lowest BCUT2D eigenvalue weighted by atomic mass is 10.2. The van der Waals surface area contributed by atoms with E-state index in [4.69, 9.17) is 0 Å². The van der Waals surface area contributed by atoms with Gasteiger partial charge in [-0.2, -0.15) is 5.10 Å². The van der Waals surface area contributed by atoms with E-state index in [1.807, 2.05) is 36.5 Å². The number of benzene rings is 1. The van der Waals surface area contributed by atoms with Gasteiger partial charge >= 0.3 is 0 Å². The maximum Gasteiger partial charge on any atom is 0.270 e. The number of nitrogens with zero attached hydrogens (tertiary/aromatic N) is 5. The van der Waals surface area contributed by atoms with Gasteiger partial charge in [0.05, 0.1) is 5.69 Å². The number of rotatable bonds is 4. The molecule has 0 saturated heterocycles. The minimum absolute atomic E-state index is 0.0458. The minimum atomic E-state index is -0.372. The highest BCUT2D eigenvalue weighted by Gasteiger charge is 2.17. The van der Waals surface area contributed by atoms with E-state index in [0.717, 1.165) is 11.3 Å². The number of hydrogen-bond acceptors (Lipinski definition) is 4. The van der Waals surface area contributed by atoms with Crippen LogP contribution in [0.2, 0.25) is 0 Å². The Hall–Kier alpha value is -3.74. The summed E-state index contributed by atoms with van der Waals surface area (Å²) in [6.07, 6.45) is 6.52. The normalized spacial score (nSPS) is 10.9. The Morgan fingerprint density at radius 3 is 2.81 bits per heavy atom. The third-order valence-electron chi connectivity index (χ3n) is 4.29. The van der Waals surface area contributed by atoms with Crippen molar-refractivity contribution in [2.24, 2.45) is 0 Å². The summed E-state index contributed by atoms with van der Waals surface area (Å²) >= 11 is 0. The second kappa shape index (κ2) is 6.87. The van der Waals surface area contributed by atoms with Crippen LogP contribution >= 0.6 is 0 Å². The zero-order valence-corrected chi connectivity index (χ0v) is 14.7. The van der Waals surface area contributed by atoms with Gasteiger partial charge in [0.15, 0.2) is 0 Å². The van der Waals surface area contributed by atoms with Crippen molar-refractivity contribution in [3.05, 3.63) is 94.8 Å². The van der Waals surface area contributed by atoms with Crippen molar-refractivity contribution in [1.29, 1.82) is 0 Å². The Kier molecular flexibility index (Phi) is 4.25. The van der Waals surface area contributed by atoms with Crippen molar-refractivity contribution >= 4 is 11.6 Å². The van der Waals surface area contributed by atoms with Gasteiger partial charge in [0.2, 0.25) is 0 Å². The molecule has 1 amide bonds. The summed E-state index contributed by atoms with van der Waals surface area (Å²) in [5.74, 6) is -0.366. The Morgan fingerprint density at radius 1 is 1.11 bits per heavy atom. The summed E-state index contributed by atoms with van der Waals surface area (Å²) in [7, 11) is 1.67. The van der Waals surface area contributed by atoms with Crippen LogP contribution in [0.3, 0.4) is 0 Å². The van der Waals surface area contributed by atoms with E-state index in [1.54, 1.807) is 42.3 Å². The summed E-state index contributed by atoms with van der Waals surface area (Å²) in [4.78, 5) is 31.1. The van der Waals surface area contributed by atoms with Crippen molar-refractivity contribution in [2.75, 3.05) is 7.05 Å². The van der Waals surface area contributed by atoms with Crippen LogP contribution in [0, 0.1) is 0 Å². The van der Waals surface area contributed by atoms with E-state index >= 15 is 0 Å². The molecule has 0 unspecified atom stereocenters. The standard InChI is InChI=1S/C20H17N5O2/c1-23(14-15-6-4-7-16(12-15)25-11-5-9-22-25)19(26)17-13-21-18-8-2-3-10-24(18)20(17)27/h2-13H,14H2,1H3. The first-order chi connectivity index (χ1) is 13.1. The lowest BCUT2D eigenvalue weighted by Crippen LogP contribution is -2.33. The van der Waals surface area contributed by atoms with Gasteiger partial charge in [-0.15, -0.1) is 0 Å². The summed E-state index contributed by atoms with van der Waals surface area (Å²) < 4.78 is 3.13. The smallest absolute Gasteiger partial charge is 0.270 e. The van der Waals surface area contributed by atoms with E-state index in [0.29, 0.717) is 12.2 Å². The molecule has 27 heavy (non-hydrogen) atoms. The van der Waals surface area contributed by atoms with E-state index in [2.05, 4.69) is 10.1 Å². The molecule has 0 saturated carbocycles. The van der Waals surface area contributed by atoms with Crippen molar-refractivity contribution < 1.29 is 4.79 Å². The fourth-order valence-corrected chi connectivity index (χ4v) is 2.94. The zero-order valence-electron chi connectivity index (χ0n) is 14.7. The van der Waals surface area contributed by atoms with Crippen molar-refractivity contribution in [3.63, 3.8) is 0 Å². The average molecular weight is 359 g/mol. The Labute approximate surface area is 155 Å². The summed E-state index contributed by atoms with van der Waals surface area (Å²) in [5.41, 5.74) is 2.03. The van der Waals surface area contributed by atoms with Gasteiger partial charge in [0, 0.05) is 38.4 Å². The Balaban J connectivity index is 1.59. The van der Waals surface area contributed by atoms with Gasteiger partial charge in [0.25, 0.3) is 11.5 Å². The Morgan fingerprint density at radius 2 is 2.00 bits per heavy atom. The zero-order chi connectivity index (χ0) is 18.8. The number of aromatic nitrogens is 4. The van der Waals surface area contributed by atoms with Gasteiger partial charge in [-0.05, 0) is 35.9 Å². The molecule has 7 heteroatoms. The molecule has 0 aliphatic carbocycles. The molecule has 134 valence electrons. The number of pyridine rings is 1. The maximum atomic E-state index is 12.8. The predicted molar refractivity (Wildman–Crippen MR) is 101 cm³/mol. The van der Waals surface area contributed by atoms with E-state index in [9.17, 15) is 9.59 Å². The highest BCUT2D eigenvalue weighted by molar-refractivity contribution is 5.93. The Bertz CT molecular complexity index is 1160. The van der Waals surface area contributed by atoms with Crippen LogP contribution in [0.1, 0.15) is 15.9 Å². The van der Waals surface area contributed by atoms with Gasteiger partial charge < -0.3 is 4.90 Å². The largest absolute Gasteiger partial charge is 0.337 e. The molecule has 0 bridgehead atoms.